The van der Waals surface area contributed by atoms with Gasteiger partial charge < -0.3 is 9.64 Å². The average molecular weight is 316 g/mol. The fourth-order valence-corrected chi connectivity index (χ4v) is 3.88. The number of carbonyl (C=O) groups is 1. The minimum atomic E-state index is -0.434. The van der Waals surface area contributed by atoms with E-state index < -0.39 is 5.60 Å². The molecule has 2 aliphatic heterocycles. The Hall–Kier alpha value is -1.55. The van der Waals surface area contributed by atoms with Crippen LogP contribution in [0.25, 0.3) is 0 Å². The Morgan fingerprint density at radius 3 is 2.57 bits per heavy atom. The monoisotopic (exact) mass is 316 g/mol. The van der Waals surface area contributed by atoms with Crippen molar-refractivity contribution in [1.82, 2.24) is 9.80 Å². The molecule has 2 aliphatic rings. The van der Waals surface area contributed by atoms with Crippen LogP contribution >= 0.6 is 0 Å². The van der Waals surface area contributed by atoms with Gasteiger partial charge in [-0.3, -0.25) is 4.90 Å². The first-order chi connectivity index (χ1) is 10.8. The minimum absolute atomic E-state index is 0.165. The molecule has 126 valence electrons. The van der Waals surface area contributed by atoms with Crippen molar-refractivity contribution in [3.05, 3.63) is 35.9 Å². The van der Waals surface area contributed by atoms with Gasteiger partial charge in [-0.15, -0.1) is 0 Å². The van der Waals surface area contributed by atoms with Gasteiger partial charge >= 0.3 is 6.09 Å². The molecule has 0 spiro atoms. The van der Waals surface area contributed by atoms with Crippen LogP contribution in [0.15, 0.2) is 30.3 Å². The van der Waals surface area contributed by atoms with Gasteiger partial charge in [-0.2, -0.15) is 0 Å². The van der Waals surface area contributed by atoms with Crippen LogP contribution in [0.2, 0.25) is 0 Å². The summed E-state index contributed by atoms with van der Waals surface area (Å²) in [6.07, 6.45) is 2.17. The maximum Gasteiger partial charge on any atom is 0.410 e. The highest BCUT2D eigenvalue weighted by Gasteiger charge is 2.46. The Balaban J connectivity index is 1.70. The molecule has 4 nitrogen and oxygen atoms in total. The van der Waals surface area contributed by atoms with Crippen LogP contribution in [0.5, 0.6) is 0 Å². The topological polar surface area (TPSA) is 32.8 Å². The molecule has 1 aromatic carbocycles. The number of rotatable bonds is 2. The summed E-state index contributed by atoms with van der Waals surface area (Å²) < 4.78 is 5.59. The number of piperazine rings is 1. The SMILES string of the molecule is C[C@H]1[C@H]2CC[C@@H](CN1C(=O)OC(C)(C)C)N2Cc1ccccc1. The van der Waals surface area contributed by atoms with Gasteiger partial charge in [0.05, 0.1) is 0 Å². The van der Waals surface area contributed by atoms with Crippen molar-refractivity contribution in [2.75, 3.05) is 6.54 Å². The van der Waals surface area contributed by atoms with E-state index in [9.17, 15) is 4.79 Å². The summed E-state index contributed by atoms with van der Waals surface area (Å²) in [5.41, 5.74) is 0.916. The number of nitrogens with zero attached hydrogens (tertiary/aromatic N) is 2. The molecule has 0 N–H and O–H groups in total. The maximum absolute atomic E-state index is 12.5. The zero-order valence-electron chi connectivity index (χ0n) is 14.7. The molecule has 3 atom stereocenters. The zero-order chi connectivity index (χ0) is 16.6. The Labute approximate surface area is 139 Å². The normalized spacial score (nSPS) is 28.0. The van der Waals surface area contributed by atoms with Crippen molar-refractivity contribution in [3.63, 3.8) is 0 Å². The molecule has 23 heavy (non-hydrogen) atoms. The second kappa shape index (κ2) is 6.16. The van der Waals surface area contributed by atoms with Gasteiger partial charge in [0.15, 0.2) is 0 Å². The summed E-state index contributed by atoms with van der Waals surface area (Å²) >= 11 is 0. The van der Waals surface area contributed by atoms with Gasteiger partial charge in [0.2, 0.25) is 0 Å². The van der Waals surface area contributed by atoms with Gasteiger partial charge in [-0.05, 0) is 46.1 Å². The first kappa shape index (κ1) is 16.3. The van der Waals surface area contributed by atoms with Crippen molar-refractivity contribution >= 4 is 6.09 Å². The van der Waals surface area contributed by atoms with Gasteiger partial charge in [-0.1, -0.05) is 30.3 Å². The molecule has 0 saturated carbocycles. The molecule has 4 heteroatoms. The third-order valence-electron chi connectivity index (χ3n) is 4.98. The van der Waals surface area contributed by atoms with E-state index in [1.54, 1.807) is 0 Å². The van der Waals surface area contributed by atoms with Gasteiger partial charge in [0.25, 0.3) is 0 Å². The van der Waals surface area contributed by atoms with E-state index in [-0.39, 0.29) is 12.1 Å². The van der Waals surface area contributed by atoms with Crippen LogP contribution in [0.1, 0.15) is 46.1 Å². The number of carbonyl (C=O) groups excluding carboxylic acids is 1. The van der Waals surface area contributed by atoms with Crippen LogP contribution in [0, 0.1) is 0 Å². The molecule has 2 bridgehead atoms. The van der Waals surface area contributed by atoms with E-state index in [2.05, 4.69) is 42.2 Å². The number of hydrogen-bond acceptors (Lipinski definition) is 3. The Bertz CT molecular complexity index is 552. The van der Waals surface area contributed by atoms with Crippen LogP contribution < -0.4 is 0 Å². The highest BCUT2D eigenvalue weighted by atomic mass is 16.6. The maximum atomic E-state index is 12.5. The van der Waals surface area contributed by atoms with Gasteiger partial charge in [0.1, 0.15) is 5.60 Å². The minimum Gasteiger partial charge on any atom is -0.444 e. The first-order valence-corrected chi connectivity index (χ1v) is 8.64. The summed E-state index contributed by atoms with van der Waals surface area (Å²) in [6, 6.07) is 11.7. The molecular formula is C19H28N2O2. The van der Waals surface area contributed by atoms with Gasteiger partial charge in [0, 0.05) is 31.2 Å². The highest BCUT2D eigenvalue weighted by molar-refractivity contribution is 5.69. The predicted octanol–water partition coefficient (Wildman–Crippen LogP) is 3.66. The van der Waals surface area contributed by atoms with E-state index in [4.69, 9.17) is 4.74 Å². The van der Waals surface area contributed by atoms with E-state index in [1.165, 1.54) is 12.0 Å². The molecule has 2 saturated heterocycles. The molecule has 3 rings (SSSR count). The quantitative estimate of drug-likeness (QED) is 0.835. The summed E-state index contributed by atoms with van der Waals surface area (Å²) in [5.74, 6) is 0. The van der Waals surface area contributed by atoms with Crippen LogP contribution in [-0.4, -0.2) is 46.2 Å². The van der Waals surface area contributed by atoms with Crippen molar-refractivity contribution in [2.24, 2.45) is 0 Å². The van der Waals surface area contributed by atoms with E-state index in [0.29, 0.717) is 12.1 Å². The third kappa shape index (κ3) is 3.52. The number of likely N-dealkylation sites (tertiary alicyclic amines) is 1. The fraction of sp³-hybridized carbons (Fsp3) is 0.632. The molecule has 1 amide bonds. The lowest BCUT2D eigenvalue weighted by Gasteiger charge is -2.45. The molecule has 0 aromatic heterocycles. The number of hydrogen-bond donors (Lipinski definition) is 0. The molecule has 2 fully saturated rings. The number of benzene rings is 1. The highest BCUT2D eigenvalue weighted by Crippen LogP contribution is 2.35. The lowest BCUT2D eigenvalue weighted by atomic mass is 10.0. The van der Waals surface area contributed by atoms with E-state index in [1.807, 2.05) is 25.7 Å². The van der Waals surface area contributed by atoms with Crippen molar-refractivity contribution < 1.29 is 9.53 Å². The Morgan fingerprint density at radius 2 is 1.91 bits per heavy atom. The largest absolute Gasteiger partial charge is 0.444 e. The van der Waals surface area contributed by atoms with Crippen LogP contribution in [0.3, 0.4) is 0 Å². The molecule has 1 aromatic rings. The van der Waals surface area contributed by atoms with Crippen molar-refractivity contribution in [2.45, 2.75) is 70.8 Å². The van der Waals surface area contributed by atoms with E-state index in [0.717, 1.165) is 19.5 Å². The van der Waals surface area contributed by atoms with Crippen molar-refractivity contribution in [3.8, 4) is 0 Å². The lowest BCUT2D eigenvalue weighted by molar-refractivity contribution is -0.0197. The second-order valence-corrected chi connectivity index (χ2v) is 7.83. The lowest BCUT2D eigenvalue weighted by Crippen LogP contribution is -2.60. The molecule has 0 unspecified atom stereocenters. The number of ether oxygens (including phenoxy) is 1. The van der Waals surface area contributed by atoms with Crippen molar-refractivity contribution in [1.29, 1.82) is 0 Å². The standard InChI is InChI=1S/C19H28N2O2/c1-14-17-11-10-16(13-20(14)18(22)23-19(2,3)4)21(17)12-15-8-6-5-7-9-15/h5-9,14,16-17H,10-13H2,1-4H3/t14-,16-,17+/m0/s1. The average Bonchev–Trinajstić information content (AvgIpc) is 2.76. The number of amides is 1. The number of fused-ring (bicyclic) bond motifs is 2. The molecule has 0 aliphatic carbocycles. The fourth-order valence-electron chi connectivity index (χ4n) is 3.88. The zero-order valence-corrected chi connectivity index (χ0v) is 14.7. The van der Waals surface area contributed by atoms with Crippen LogP contribution in [-0.2, 0) is 11.3 Å². The molecule has 0 radical (unpaired) electrons. The summed E-state index contributed by atoms with van der Waals surface area (Å²) in [6.45, 7) is 9.69. The molecular weight excluding hydrogens is 288 g/mol. The summed E-state index contributed by atoms with van der Waals surface area (Å²) in [7, 11) is 0. The molecule has 2 heterocycles. The Morgan fingerprint density at radius 1 is 1.22 bits per heavy atom. The summed E-state index contributed by atoms with van der Waals surface area (Å²) in [4.78, 5) is 17.0. The smallest absolute Gasteiger partial charge is 0.410 e. The third-order valence-corrected chi connectivity index (χ3v) is 4.98. The predicted molar refractivity (Wildman–Crippen MR) is 91.2 cm³/mol. The second-order valence-electron chi connectivity index (χ2n) is 7.83. The summed E-state index contributed by atoms with van der Waals surface area (Å²) in [5, 5.41) is 0. The van der Waals surface area contributed by atoms with Gasteiger partial charge in [-0.25, -0.2) is 4.79 Å². The first-order valence-electron chi connectivity index (χ1n) is 8.64. The van der Waals surface area contributed by atoms with Crippen LogP contribution in [0.4, 0.5) is 4.79 Å². The Kier molecular flexibility index (Phi) is 4.37. The van der Waals surface area contributed by atoms with E-state index >= 15 is 0 Å².